The summed E-state index contributed by atoms with van der Waals surface area (Å²) in [6.45, 7) is 0.739. The summed E-state index contributed by atoms with van der Waals surface area (Å²) in [4.78, 5) is 58.5. The Morgan fingerprint density at radius 1 is 0.934 bits per heavy atom. The van der Waals surface area contributed by atoms with Crippen molar-refractivity contribution in [2.45, 2.75) is 131 Å². The Morgan fingerprint density at radius 2 is 1.75 bits per heavy atom. The van der Waals surface area contributed by atoms with E-state index in [2.05, 4.69) is 49.3 Å². The summed E-state index contributed by atoms with van der Waals surface area (Å²) in [6.07, 6.45) is -9.07. The predicted molar refractivity (Wildman–Crippen MR) is 327 cm³/mol. The van der Waals surface area contributed by atoms with Crippen LogP contribution in [0.5, 0.6) is 11.5 Å². The number of aldehydes is 1. The first-order chi connectivity index (χ1) is 43.9. The van der Waals surface area contributed by atoms with Gasteiger partial charge in [0.2, 0.25) is 12.2 Å². The lowest BCUT2D eigenvalue weighted by Gasteiger charge is -2.47. The highest BCUT2D eigenvalue weighted by atomic mass is 16.7. The molecule has 4 aromatic carbocycles. The van der Waals surface area contributed by atoms with E-state index in [0.29, 0.717) is 47.6 Å². The van der Waals surface area contributed by atoms with E-state index >= 15 is 9.59 Å². The number of hydrogen-bond donors (Lipinski definition) is 15. The lowest BCUT2D eigenvalue weighted by Crippen LogP contribution is -2.70. The van der Waals surface area contributed by atoms with Crippen molar-refractivity contribution in [1.82, 2.24) is 37.4 Å². The highest BCUT2D eigenvalue weighted by molar-refractivity contribution is 6.29. The molecule has 0 saturated carbocycles. The first kappa shape index (κ1) is 63.9. The smallest absolute Gasteiger partial charge is 0.242 e. The van der Waals surface area contributed by atoms with Gasteiger partial charge in [-0.1, -0.05) is 60.4 Å². The van der Waals surface area contributed by atoms with E-state index in [1.165, 1.54) is 12.1 Å². The van der Waals surface area contributed by atoms with Crippen LogP contribution in [0.15, 0.2) is 90.3 Å². The fourth-order valence-electron chi connectivity index (χ4n) is 13.9. The summed E-state index contributed by atoms with van der Waals surface area (Å²) in [5.41, 5.74) is 14.2. The van der Waals surface area contributed by atoms with Gasteiger partial charge in [-0.2, -0.15) is 0 Å². The van der Waals surface area contributed by atoms with E-state index in [0.717, 1.165) is 16.7 Å². The second-order valence-corrected chi connectivity index (χ2v) is 24.8. The number of rotatable bonds is 15. The summed E-state index contributed by atoms with van der Waals surface area (Å²) in [5.74, 6) is 0.925. The van der Waals surface area contributed by atoms with Crippen LogP contribution in [0.3, 0.4) is 0 Å². The van der Waals surface area contributed by atoms with Crippen LogP contribution in [-0.4, -0.2) is 186 Å². The predicted octanol–water partition coefficient (Wildman–Crippen LogP) is -1.22. The maximum absolute atomic E-state index is 15.5. The summed E-state index contributed by atoms with van der Waals surface area (Å²) in [6, 6.07) is 18.6. The normalized spacial score (nSPS) is 31.0. The Hall–Kier alpha value is -7.20. The highest BCUT2D eigenvalue weighted by Gasteiger charge is 2.58. The summed E-state index contributed by atoms with van der Waals surface area (Å²) in [5, 5.41) is 99.9. The number of fused-ring (bicyclic) bond motifs is 13. The van der Waals surface area contributed by atoms with Gasteiger partial charge in [0.05, 0.1) is 69.0 Å². The second-order valence-electron chi connectivity index (χ2n) is 24.8. The molecule has 4 aromatic rings. The van der Waals surface area contributed by atoms with Crippen LogP contribution in [0.2, 0.25) is 0 Å². The molecule has 16 N–H and O–H groups in total. The largest absolute Gasteiger partial charge is 0.486 e. The molecule has 0 spiro atoms. The number of carbonyl (C=O) groups excluding carboxylic acids is 4. The average molecular weight is 1250 g/mol. The van der Waals surface area contributed by atoms with Crippen LogP contribution in [-0.2, 0) is 49.8 Å². The summed E-state index contributed by atoms with van der Waals surface area (Å²) in [7, 11) is 1.83. The Bertz CT molecular complexity index is 3560. The number of allylic oxidation sites excluding steroid dienone is 1. The van der Waals surface area contributed by atoms with Gasteiger partial charge in [-0.15, -0.1) is 0 Å². The van der Waals surface area contributed by atoms with Gasteiger partial charge >= 0.3 is 0 Å². The Balaban J connectivity index is 1.11. The molecular formula is C66H79N9O16. The number of anilines is 1. The topological polar surface area (TPSA) is 370 Å². The lowest BCUT2D eigenvalue weighted by atomic mass is 9.74. The number of nitrogens with one attached hydrogen (secondary N) is 7. The highest BCUT2D eigenvalue weighted by Crippen LogP contribution is 2.52. The number of nitrogens with zero attached hydrogens (tertiary/aromatic N) is 1. The first-order valence-electron chi connectivity index (χ1n) is 31.0. The number of carbonyl (C=O) groups is 4. The molecule has 7 aliphatic heterocycles. The number of hydrazine groups is 1. The van der Waals surface area contributed by atoms with E-state index in [9.17, 15) is 45.3 Å². The molecule has 3 fully saturated rings. The van der Waals surface area contributed by atoms with Crippen LogP contribution < -0.4 is 57.5 Å². The number of ketones is 2. The molecule has 91 heavy (non-hydrogen) atoms. The zero-order valence-corrected chi connectivity index (χ0v) is 50.5. The van der Waals surface area contributed by atoms with Crippen molar-refractivity contribution in [3.63, 3.8) is 0 Å². The van der Waals surface area contributed by atoms with E-state index in [1.807, 2.05) is 60.5 Å². The van der Waals surface area contributed by atoms with Crippen LogP contribution in [0, 0.1) is 29.6 Å². The minimum atomic E-state index is -2.54. The monoisotopic (exact) mass is 1250 g/mol. The van der Waals surface area contributed by atoms with Gasteiger partial charge in [0.1, 0.15) is 55.5 Å². The third kappa shape index (κ3) is 12.9. The maximum atomic E-state index is 15.5. The molecule has 0 unspecified atom stereocenters. The number of amides is 1. The second kappa shape index (κ2) is 27.2. The number of para-hydroxylation sites is 1. The molecule has 25 heteroatoms. The van der Waals surface area contributed by atoms with E-state index < -0.39 is 135 Å². The molecule has 12 rings (SSSR count). The van der Waals surface area contributed by atoms with Crippen molar-refractivity contribution in [2.24, 2.45) is 23.5 Å². The fourth-order valence-corrected chi connectivity index (χ4v) is 13.9. The summed E-state index contributed by atoms with van der Waals surface area (Å²) < 4.78 is 34.7. The maximum Gasteiger partial charge on any atom is 0.242 e. The van der Waals surface area contributed by atoms with E-state index in [4.69, 9.17) is 29.4 Å². The van der Waals surface area contributed by atoms with Crippen LogP contribution >= 0.6 is 0 Å². The Morgan fingerprint density at radius 3 is 2.54 bits per heavy atom. The minimum Gasteiger partial charge on any atom is -0.486 e. The quantitative estimate of drug-likeness (QED) is 0.0332. The van der Waals surface area contributed by atoms with Gasteiger partial charge in [-0.3, -0.25) is 30.8 Å². The van der Waals surface area contributed by atoms with Gasteiger partial charge in [-0.25, -0.2) is 5.43 Å². The molecule has 484 valence electrons. The molecule has 16 atom stereocenters. The average Bonchev–Trinajstić information content (AvgIpc) is 1.17. The lowest BCUT2D eigenvalue weighted by molar-refractivity contribution is -0.310. The molecular weight excluding hydrogens is 1170 g/mol. The number of benzene rings is 4. The number of dihydropyridines is 1. The molecule has 25 nitrogen and oxygen atoms in total. The molecule has 8 bridgehead atoms. The van der Waals surface area contributed by atoms with Crippen molar-refractivity contribution in [2.75, 3.05) is 58.1 Å². The van der Waals surface area contributed by atoms with E-state index in [-0.39, 0.29) is 97.3 Å². The summed E-state index contributed by atoms with van der Waals surface area (Å²) >= 11 is 0. The third-order valence-corrected chi connectivity index (χ3v) is 18.5. The molecule has 7 heterocycles. The Labute approximate surface area is 525 Å². The number of hydrogen-bond acceptors (Lipinski definition) is 24. The standard InChI is InChI=1S/C66H79N9O16/c1-33(78)25-71-74-52-23-38(12-15-69-52)47-30-89-60-61(84)66(86)14-11-39(20-35-17-36(22-50(47)81)19-37(18-35)26-68-2)49(80)10-8-40-28-87-31-51(66)90-64(60)91-58-46(53(40)43-5-3-4-6-48(43)75-32-70-55-62(75)72-65(67)73-63(55)85)24-45-54(59(58)88-29-41(79)13-16-76)57(83)44-21-34(27-77)7-9-42(44)56(45)82/h3-7,9,12,16-19,21,23-24,33,39-41,47,49-51,53,55,60-62,64-65,68-72,74,77-81,84,86H,8,10,13,15,20,22,25-32,67H2,1-2H3,(H,73,85)/t33-,39-,40-,41+,47+,49-,50-,51-,53+,55-,60-,61-,62-,64+,65-,66-/m0/s1. The molecule has 1 aliphatic carbocycles. The number of ether oxygens (including phenoxy) is 5. The van der Waals surface area contributed by atoms with Crippen molar-refractivity contribution < 1.29 is 78.6 Å². The molecule has 1 amide bonds. The van der Waals surface area contributed by atoms with Gasteiger partial charge in [0.15, 0.2) is 28.7 Å². The molecule has 0 aromatic heterocycles. The third-order valence-electron chi connectivity index (χ3n) is 18.5. The SMILES string of the molecule is CNCc1cc2cc(c1)C[C@@H]1C#C[C@]3(O)[C@@H]4COC[C@H](CC[C@@H]1O)[C@H](c1ccccc1N1CN[C@@H]5C(=O)N[C@@H](N)N[C@H]51)c1cc5c(c(OC[C@H](O)CC=O)c1O[C@@H](O4)[C@@H](OC[C@H](C1=CCNC(NNC[C@H](C)O)=C1)[C@@H](O)C2)[C@@H]3O)C(=O)c1cc(CO)ccc1C5=O. The van der Waals surface area contributed by atoms with Crippen molar-refractivity contribution in [3.8, 4) is 23.3 Å². The van der Waals surface area contributed by atoms with Crippen molar-refractivity contribution in [1.29, 1.82) is 0 Å². The molecule has 8 aliphatic rings. The van der Waals surface area contributed by atoms with Crippen LogP contribution in [0.4, 0.5) is 5.69 Å². The first-order valence-corrected chi connectivity index (χ1v) is 31.0. The molecule has 0 radical (unpaired) electrons. The van der Waals surface area contributed by atoms with Crippen molar-refractivity contribution >= 4 is 29.4 Å². The Kier molecular flexibility index (Phi) is 19.1. The number of aliphatic hydroxyl groups is 7. The zero-order valence-electron chi connectivity index (χ0n) is 50.5. The number of nitrogens with two attached hydrogens (primary N) is 1. The van der Waals surface area contributed by atoms with Gasteiger partial charge in [0, 0.05) is 65.8 Å². The van der Waals surface area contributed by atoms with Gasteiger partial charge in [0.25, 0.3) is 0 Å². The van der Waals surface area contributed by atoms with E-state index in [1.54, 1.807) is 25.1 Å². The van der Waals surface area contributed by atoms with Crippen molar-refractivity contribution in [3.05, 3.63) is 146 Å². The van der Waals surface area contributed by atoms with Crippen LogP contribution in [0.25, 0.3) is 0 Å². The minimum absolute atomic E-state index is 0.0243. The fraction of sp³-hybridized carbons (Fsp3) is 0.485. The number of aliphatic hydroxyl groups excluding tert-OH is 6. The zero-order chi connectivity index (χ0) is 63.8. The molecule has 3 saturated heterocycles. The van der Waals surface area contributed by atoms with Gasteiger partial charge < -0.3 is 90.5 Å². The van der Waals surface area contributed by atoms with Crippen LogP contribution in [0.1, 0.15) is 97.3 Å². The van der Waals surface area contributed by atoms with Gasteiger partial charge in [-0.05, 0) is 109 Å².